The van der Waals surface area contributed by atoms with Crippen LogP contribution in [-0.2, 0) is 4.79 Å². The molecule has 0 aliphatic heterocycles. The Morgan fingerprint density at radius 3 is 2.77 bits per heavy atom. The van der Waals surface area contributed by atoms with E-state index < -0.39 is 0 Å². The van der Waals surface area contributed by atoms with Crippen LogP contribution in [-0.4, -0.2) is 21.1 Å². The van der Waals surface area contributed by atoms with Gasteiger partial charge in [-0.1, -0.05) is 25.1 Å². The number of carbonyl (C=O) groups excluding carboxylic acids is 1. The second-order valence-electron chi connectivity index (χ2n) is 4.61. The Morgan fingerprint density at radius 2 is 2.14 bits per heavy atom. The molecular formula is C16H16N4OS. The summed E-state index contributed by atoms with van der Waals surface area (Å²) in [6, 6.07) is 11.7. The Bertz CT molecular complexity index is 697. The van der Waals surface area contributed by atoms with Crippen LogP contribution in [0.5, 0.6) is 0 Å². The van der Waals surface area contributed by atoms with E-state index in [0.717, 1.165) is 4.90 Å². The molecule has 0 spiro atoms. The molecule has 2 aromatic rings. The lowest BCUT2D eigenvalue weighted by molar-refractivity contribution is -0.115. The fraction of sp³-hybridized carbons (Fsp3) is 0.250. The van der Waals surface area contributed by atoms with Crippen molar-refractivity contribution >= 4 is 23.5 Å². The number of carbonyl (C=O) groups is 1. The van der Waals surface area contributed by atoms with Crippen LogP contribution in [0, 0.1) is 18.3 Å². The zero-order valence-electron chi connectivity index (χ0n) is 12.4. The molecule has 2 rings (SSSR count). The summed E-state index contributed by atoms with van der Waals surface area (Å²) in [4.78, 5) is 21.6. The number of aromatic nitrogens is 2. The van der Waals surface area contributed by atoms with Gasteiger partial charge in [0.2, 0.25) is 5.91 Å². The highest BCUT2D eigenvalue weighted by Gasteiger charge is 2.19. The van der Waals surface area contributed by atoms with E-state index in [-0.39, 0.29) is 22.5 Å². The summed E-state index contributed by atoms with van der Waals surface area (Å²) >= 11 is 1.50. The van der Waals surface area contributed by atoms with Crippen LogP contribution in [0.3, 0.4) is 0 Å². The third-order valence-electron chi connectivity index (χ3n) is 2.96. The lowest BCUT2D eigenvalue weighted by Gasteiger charge is -2.15. The molecule has 6 heteroatoms. The van der Waals surface area contributed by atoms with Gasteiger partial charge in [-0.2, -0.15) is 5.26 Å². The van der Waals surface area contributed by atoms with Gasteiger partial charge in [0.25, 0.3) is 0 Å². The maximum atomic E-state index is 12.4. The van der Waals surface area contributed by atoms with E-state index in [4.69, 9.17) is 5.26 Å². The van der Waals surface area contributed by atoms with Gasteiger partial charge in [-0.05, 0) is 25.5 Å². The summed E-state index contributed by atoms with van der Waals surface area (Å²) in [5.41, 5.74) is 0.263. The lowest BCUT2D eigenvalue weighted by Crippen LogP contribution is -2.25. The molecule has 1 N–H and O–H groups in total. The minimum Gasteiger partial charge on any atom is -0.308 e. The van der Waals surface area contributed by atoms with E-state index in [2.05, 4.69) is 15.3 Å². The number of anilines is 1. The predicted octanol–water partition coefficient (Wildman–Crippen LogP) is 3.17. The Morgan fingerprint density at radius 1 is 1.41 bits per heavy atom. The van der Waals surface area contributed by atoms with Crippen molar-refractivity contribution in [3.8, 4) is 6.07 Å². The Balaban J connectivity index is 2.13. The van der Waals surface area contributed by atoms with Gasteiger partial charge < -0.3 is 5.32 Å². The fourth-order valence-electron chi connectivity index (χ4n) is 1.83. The monoisotopic (exact) mass is 312 g/mol. The van der Waals surface area contributed by atoms with Crippen molar-refractivity contribution in [3.63, 3.8) is 0 Å². The van der Waals surface area contributed by atoms with Gasteiger partial charge in [0, 0.05) is 4.90 Å². The van der Waals surface area contributed by atoms with Crippen LogP contribution >= 0.6 is 11.8 Å². The molecule has 112 valence electrons. The largest absolute Gasteiger partial charge is 0.308 e. The highest BCUT2D eigenvalue weighted by Crippen LogP contribution is 2.26. The summed E-state index contributed by atoms with van der Waals surface area (Å²) in [6.45, 7) is 3.67. The fourth-order valence-corrected chi connectivity index (χ4v) is 2.81. The van der Waals surface area contributed by atoms with Crippen molar-refractivity contribution in [3.05, 3.63) is 47.9 Å². The smallest absolute Gasteiger partial charge is 0.239 e. The summed E-state index contributed by atoms with van der Waals surface area (Å²) in [7, 11) is 0. The average Bonchev–Trinajstić information content (AvgIpc) is 2.53. The van der Waals surface area contributed by atoms with Crippen LogP contribution < -0.4 is 5.32 Å². The summed E-state index contributed by atoms with van der Waals surface area (Å²) in [6.07, 6.45) is 2.10. The minimum absolute atomic E-state index is 0.161. The molecule has 1 heterocycles. The van der Waals surface area contributed by atoms with Gasteiger partial charge in [-0.15, -0.1) is 11.8 Å². The minimum atomic E-state index is -0.246. The molecule has 0 saturated carbocycles. The van der Waals surface area contributed by atoms with Crippen molar-refractivity contribution in [1.29, 1.82) is 5.26 Å². The second kappa shape index (κ2) is 7.57. The Kier molecular flexibility index (Phi) is 5.50. The van der Waals surface area contributed by atoms with Gasteiger partial charge in [-0.25, -0.2) is 9.97 Å². The summed E-state index contributed by atoms with van der Waals surface area (Å²) < 4.78 is 0. The summed E-state index contributed by atoms with van der Waals surface area (Å²) in [5.74, 6) is 0.621. The maximum Gasteiger partial charge on any atom is 0.239 e. The second-order valence-corrected chi connectivity index (χ2v) is 5.88. The van der Waals surface area contributed by atoms with E-state index in [1.165, 1.54) is 18.0 Å². The highest BCUT2D eigenvalue weighted by atomic mass is 32.2. The number of amides is 1. The number of hydrogen-bond donors (Lipinski definition) is 1. The number of thioether (sulfide) groups is 1. The van der Waals surface area contributed by atoms with Crippen LogP contribution in [0.4, 0.5) is 5.82 Å². The summed E-state index contributed by atoms with van der Waals surface area (Å²) in [5, 5.41) is 11.6. The first-order chi connectivity index (χ1) is 10.6. The lowest BCUT2D eigenvalue weighted by atomic mass is 10.3. The molecular weight excluding hydrogens is 296 g/mol. The van der Waals surface area contributed by atoms with E-state index in [1.807, 2.05) is 43.3 Å². The number of nitrogens with one attached hydrogen (secondary N) is 1. The van der Waals surface area contributed by atoms with Crippen LogP contribution in [0.15, 0.2) is 41.4 Å². The van der Waals surface area contributed by atoms with E-state index in [0.29, 0.717) is 12.2 Å². The molecule has 22 heavy (non-hydrogen) atoms. The van der Waals surface area contributed by atoms with Crippen LogP contribution in [0.25, 0.3) is 0 Å². The van der Waals surface area contributed by atoms with Gasteiger partial charge in [0.15, 0.2) is 5.82 Å². The van der Waals surface area contributed by atoms with Crippen LogP contribution in [0.1, 0.15) is 24.7 Å². The third-order valence-corrected chi connectivity index (χ3v) is 4.33. The quantitative estimate of drug-likeness (QED) is 0.858. The molecule has 0 aliphatic rings. The Labute approximate surface area is 133 Å². The van der Waals surface area contributed by atoms with Crippen molar-refractivity contribution in [2.45, 2.75) is 30.4 Å². The number of aryl methyl sites for hydroxylation is 1. The molecule has 0 aliphatic carbocycles. The first-order valence-corrected chi connectivity index (χ1v) is 7.78. The molecule has 1 unspecified atom stereocenters. The molecule has 1 amide bonds. The van der Waals surface area contributed by atoms with Gasteiger partial charge in [0.05, 0.1) is 11.4 Å². The molecule has 1 atom stereocenters. The molecule has 0 saturated heterocycles. The number of nitrogens with zero attached hydrogens (tertiary/aromatic N) is 3. The van der Waals surface area contributed by atoms with E-state index in [9.17, 15) is 4.79 Å². The molecule has 1 aromatic carbocycles. The zero-order chi connectivity index (χ0) is 15.9. The van der Waals surface area contributed by atoms with Crippen LogP contribution in [0.2, 0.25) is 0 Å². The van der Waals surface area contributed by atoms with E-state index >= 15 is 0 Å². The molecule has 1 aromatic heterocycles. The molecule has 5 nitrogen and oxygen atoms in total. The van der Waals surface area contributed by atoms with Crippen molar-refractivity contribution < 1.29 is 4.79 Å². The first-order valence-electron chi connectivity index (χ1n) is 6.90. The molecule has 0 fully saturated rings. The number of nitriles is 1. The van der Waals surface area contributed by atoms with E-state index in [1.54, 1.807) is 6.92 Å². The number of hydrogen-bond acceptors (Lipinski definition) is 5. The zero-order valence-corrected chi connectivity index (χ0v) is 13.2. The van der Waals surface area contributed by atoms with Gasteiger partial charge in [0.1, 0.15) is 17.5 Å². The first kappa shape index (κ1) is 16.0. The third kappa shape index (κ3) is 4.06. The SMILES string of the molecule is CCC(Sc1ccccc1)C(=O)Nc1nc(C)ncc1C#N. The topological polar surface area (TPSA) is 78.7 Å². The highest BCUT2D eigenvalue weighted by molar-refractivity contribution is 8.00. The normalized spacial score (nSPS) is 11.5. The standard InChI is InChI=1S/C16H16N4OS/c1-3-14(22-13-7-5-4-6-8-13)16(21)20-15-12(9-17)10-18-11(2)19-15/h4-8,10,14H,3H2,1-2H3,(H,18,19,20,21). The Hall–Kier alpha value is -2.39. The van der Waals surface area contributed by atoms with Gasteiger partial charge >= 0.3 is 0 Å². The predicted molar refractivity (Wildman–Crippen MR) is 86.5 cm³/mol. The van der Waals surface area contributed by atoms with Crippen molar-refractivity contribution in [2.75, 3.05) is 5.32 Å². The maximum absolute atomic E-state index is 12.4. The number of benzene rings is 1. The average molecular weight is 312 g/mol. The van der Waals surface area contributed by atoms with Crippen molar-refractivity contribution in [1.82, 2.24) is 9.97 Å². The van der Waals surface area contributed by atoms with Gasteiger partial charge in [-0.3, -0.25) is 4.79 Å². The van der Waals surface area contributed by atoms with Crippen molar-refractivity contribution in [2.24, 2.45) is 0 Å². The molecule has 0 bridgehead atoms. The number of rotatable bonds is 5. The molecule has 0 radical (unpaired) electrons.